The van der Waals surface area contributed by atoms with E-state index < -0.39 is 0 Å². The van der Waals surface area contributed by atoms with Gasteiger partial charge in [0, 0.05) is 19.0 Å². The molecule has 1 fully saturated rings. The van der Waals surface area contributed by atoms with E-state index in [1.165, 1.54) is 12.8 Å². The topological polar surface area (TPSA) is 47.3 Å². The Morgan fingerprint density at radius 2 is 2.24 bits per heavy atom. The van der Waals surface area contributed by atoms with E-state index in [1.54, 1.807) is 6.20 Å². The summed E-state index contributed by atoms with van der Waals surface area (Å²) < 4.78 is 11.2. The fourth-order valence-electron chi connectivity index (χ4n) is 1.49. The number of nitrogens with zero attached hydrogens (tertiary/aromatic N) is 1. The zero-order valence-electron chi connectivity index (χ0n) is 11.0. The molecule has 0 radical (unpaired) electrons. The Balaban J connectivity index is 1.70. The summed E-state index contributed by atoms with van der Waals surface area (Å²) in [5, 5.41) is 3.44. The van der Waals surface area contributed by atoms with Gasteiger partial charge in [-0.2, -0.15) is 0 Å². The first kappa shape index (κ1) is 12.6. The van der Waals surface area contributed by atoms with Crippen molar-refractivity contribution in [3.63, 3.8) is 0 Å². The van der Waals surface area contributed by atoms with Crippen LogP contribution in [0.5, 0.6) is 0 Å². The maximum atomic E-state index is 5.63. The van der Waals surface area contributed by atoms with E-state index in [2.05, 4.69) is 10.3 Å². The Morgan fingerprint density at radius 1 is 1.47 bits per heavy atom. The van der Waals surface area contributed by atoms with Gasteiger partial charge in [-0.05, 0) is 33.6 Å². The summed E-state index contributed by atoms with van der Waals surface area (Å²) in [5.41, 5.74) is -0.138. The number of aromatic nitrogens is 1. The average molecular weight is 238 g/mol. The van der Waals surface area contributed by atoms with Crippen molar-refractivity contribution in [1.29, 1.82) is 0 Å². The van der Waals surface area contributed by atoms with E-state index in [0.29, 0.717) is 6.61 Å². The summed E-state index contributed by atoms with van der Waals surface area (Å²) in [5.74, 6) is 1.60. The van der Waals surface area contributed by atoms with Gasteiger partial charge >= 0.3 is 0 Å². The number of ether oxygens (including phenoxy) is 1. The lowest BCUT2D eigenvalue weighted by Crippen LogP contribution is -2.19. The maximum Gasteiger partial charge on any atom is 0.195 e. The van der Waals surface area contributed by atoms with Crippen LogP contribution in [0.1, 0.15) is 45.3 Å². The first-order chi connectivity index (χ1) is 8.03. The molecule has 0 bridgehead atoms. The van der Waals surface area contributed by atoms with Gasteiger partial charge in [-0.25, -0.2) is 4.98 Å². The van der Waals surface area contributed by atoms with Crippen LogP contribution >= 0.6 is 0 Å². The molecule has 1 aliphatic rings. The molecule has 1 N–H and O–H groups in total. The molecule has 1 aliphatic carbocycles. The molecule has 96 valence electrons. The molecule has 4 heteroatoms. The number of hydrogen-bond acceptors (Lipinski definition) is 4. The molecule has 1 saturated carbocycles. The SMILES string of the molecule is CC(C)(C)OCc1cnc(CCNC2CC2)o1. The van der Waals surface area contributed by atoms with E-state index in [4.69, 9.17) is 9.15 Å². The van der Waals surface area contributed by atoms with Gasteiger partial charge in [-0.1, -0.05) is 0 Å². The number of rotatable bonds is 6. The number of hydrogen-bond donors (Lipinski definition) is 1. The average Bonchev–Trinajstić information content (AvgIpc) is 2.93. The van der Waals surface area contributed by atoms with Crippen molar-refractivity contribution in [1.82, 2.24) is 10.3 Å². The number of nitrogens with one attached hydrogen (secondary N) is 1. The predicted octanol–water partition coefficient (Wildman–Crippen LogP) is 2.28. The van der Waals surface area contributed by atoms with Crippen LogP contribution in [0.3, 0.4) is 0 Å². The fourth-order valence-corrected chi connectivity index (χ4v) is 1.49. The summed E-state index contributed by atoms with van der Waals surface area (Å²) in [4.78, 5) is 4.25. The molecular weight excluding hydrogens is 216 g/mol. The molecule has 0 spiro atoms. The highest BCUT2D eigenvalue weighted by atomic mass is 16.5. The summed E-state index contributed by atoms with van der Waals surface area (Å²) >= 11 is 0. The molecule has 0 unspecified atom stereocenters. The zero-order chi connectivity index (χ0) is 12.3. The first-order valence-corrected chi connectivity index (χ1v) is 6.34. The smallest absolute Gasteiger partial charge is 0.195 e. The van der Waals surface area contributed by atoms with Crippen LogP contribution in [0.4, 0.5) is 0 Å². The number of oxazole rings is 1. The first-order valence-electron chi connectivity index (χ1n) is 6.34. The summed E-state index contributed by atoms with van der Waals surface area (Å²) in [6, 6.07) is 0.744. The van der Waals surface area contributed by atoms with Crippen LogP contribution in [-0.4, -0.2) is 23.2 Å². The second-order valence-corrected chi connectivity index (χ2v) is 5.60. The van der Waals surface area contributed by atoms with Crippen molar-refractivity contribution in [3.05, 3.63) is 17.8 Å². The molecular formula is C13H22N2O2. The molecule has 2 rings (SSSR count). The van der Waals surface area contributed by atoms with Gasteiger partial charge in [0.15, 0.2) is 5.89 Å². The van der Waals surface area contributed by atoms with Crippen molar-refractivity contribution in [2.45, 2.75) is 58.3 Å². The van der Waals surface area contributed by atoms with Gasteiger partial charge in [-0.3, -0.25) is 0 Å². The van der Waals surface area contributed by atoms with E-state index in [1.807, 2.05) is 20.8 Å². The van der Waals surface area contributed by atoms with E-state index >= 15 is 0 Å². The third-order valence-electron chi connectivity index (χ3n) is 2.60. The fraction of sp³-hybridized carbons (Fsp3) is 0.769. The minimum absolute atomic E-state index is 0.138. The van der Waals surface area contributed by atoms with Gasteiger partial charge in [-0.15, -0.1) is 0 Å². The molecule has 1 aromatic rings. The normalized spacial score (nSPS) is 16.4. The monoisotopic (exact) mass is 238 g/mol. The quantitative estimate of drug-likeness (QED) is 0.826. The Morgan fingerprint density at radius 3 is 2.88 bits per heavy atom. The van der Waals surface area contributed by atoms with Crippen LogP contribution in [-0.2, 0) is 17.8 Å². The Kier molecular flexibility index (Phi) is 3.84. The molecule has 1 heterocycles. The molecule has 4 nitrogen and oxygen atoms in total. The van der Waals surface area contributed by atoms with Crippen LogP contribution < -0.4 is 5.32 Å². The lowest BCUT2D eigenvalue weighted by Gasteiger charge is -2.18. The molecule has 17 heavy (non-hydrogen) atoms. The minimum atomic E-state index is -0.138. The van der Waals surface area contributed by atoms with Crippen molar-refractivity contribution in [2.24, 2.45) is 0 Å². The van der Waals surface area contributed by atoms with Gasteiger partial charge in [0.25, 0.3) is 0 Å². The standard InChI is InChI=1S/C13H22N2O2/c1-13(2,3)16-9-11-8-15-12(17-11)6-7-14-10-4-5-10/h8,10,14H,4-7,9H2,1-3H3. The molecule has 0 saturated heterocycles. The van der Waals surface area contributed by atoms with Gasteiger partial charge in [0.05, 0.1) is 11.8 Å². The second-order valence-electron chi connectivity index (χ2n) is 5.60. The van der Waals surface area contributed by atoms with Crippen molar-refractivity contribution in [3.8, 4) is 0 Å². The zero-order valence-corrected chi connectivity index (χ0v) is 11.0. The van der Waals surface area contributed by atoms with Crippen LogP contribution in [0.25, 0.3) is 0 Å². The predicted molar refractivity (Wildman–Crippen MR) is 65.8 cm³/mol. The Bertz CT molecular complexity index is 351. The Labute approximate surface area is 103 Å². The largest absolute Gasteiger partial charge is 0.443 e. The molecule has 0 aromatic carbocycles. The molecule has 0 atom stereocenters. The minimum Gasteiger partial charge on any atom is -0.443 e. The highest BCUT2D eigenvalue weighted by Crippen LogP contribution is 2.18. The van der Waals surface area contributed by atoms with Crippen molar-refractivity contribution >= 4 is 0 Å². The van der Waals surface area contributed by atoms with E-state index in [9.17, 15) is 0 Å². The van der Waals surface area contributed by atoms with Crippen LogP contribution in [0, 0.1) is 0 Å². The van der Waals surface area contributed by atoms with Crippen molar-refractivity contribution in [2.75, 3.05) is 6.54 Å². The summed E-state index contributed by atoms with van der Waals surface area (Å²) in [6.07, 6.45) is 5.25. The third kappa shape index (κ3) is 4.88. The summed E-state index contributed by atoms with van der Waals surface area (Å²) in [7, 11) is 0. The van der Waals surface area contributed by atoms with Crippen molar-refractivity contribution < 1.29 is 9.15 Å². The second kappa shape index (κ2) is 5.19. The molecule has 0 aliphatic heterocycles. The lowest BCUT2D eigenvalue weighted by atomic mass is 10.2. The van der Waals surface area contributed by atoms with Gasteiger partial charge in [0.1, 0.15) is 12.4 Å². The van der Waals surface area contributed by atoms with Crippen LogP contribution in [0.2, 0.25) is 0 Å². The Hall–Kier alpha value is -0.870. The lowest BCUT2D eigenvalue weighted by molar-refractivity contribution is -0.0227. The van der Waals surface area contributed by atoms with Gasteiger partial charge in [0.2, 0.25) is 0 Å². The third-order valence-corrected chi connectivity index (χ3v) is 2.60. The molecule has 1 aromatic heterocycles. The van der Waals surface area contributed by atoms with Gasteiger partial charge < -0.3 is 14.5 Å². The van der Waals surface area contributed by atoms with Crippen LogP contribution in [0.15, 0.2) is 10.6 Å². The molecule has 0 amide bonds. The van der Waals surface area contributed by atoms with E-state index in [0.717, 1.165) is 30.7 Å². The highest BCUT2D eigenvalue weighted by molar-refractivity contribution is 4.94. The maximum absolute atomic E-state index is 5.63. The summed E-state index contributed by atoms with van der Waals surface area (Å²) in [6.45, 7) is 7.54. The van der Waals surface area contributed by atoms with E-state index in [-0.39, 0.29) is 5.60 Å². The highest BCUT2D eigenvalue weighted by Gasteiger charge is 2.20.